The van der Waals surface area contributed by atoms with E-state index < -0.39 is 0 Å². The van der Waals surface area contributed by atoms with Gasteiger partial charge in [0.2, 0.25) is 5.16 Å². The Balaban J connectivity index is 1.28. The van der Waals surface area contributed by atoms with Crippen LogP contribution in [0, 0.1) is 0 Å². The first-order chi connectivity index (χ1) is 24.1. The summed E-state index contributed by atoms with van der Waals surface area (Å²) in [5.74, 6) is 1.22. The molecule has 9 heteroatoms. The Labute approximate surface area is 307 Å². The van der Waals surface area contributed by atoms with Gasteiger partial charge in [0.15, 0.2) is 0 Å². The lowest BCUT2D eigenvalue weighted by molar-refractivity contribution is 0.423. The third-order valence-electron chi connectivity index (χ3n) is 8.73. The molecule has 0 spiro atoms. The number of aromatic hydroxyl groups is 2. The molecule has 266 valence electrons. The quantitative estimate of drug-likeness (QED) is 0.0398. The summed E-state index contributed by atoms with van der Waals surface area (Å²) in [6, 6.07) is 19.8. The summed E-state index contributed by atoms with van der Waals surface area (Å²) in [5.41, 5.74) is 2.11. The lowest BCUT2D eigenvalue weighted by Crippen LogP contribution is -1.98. The molecule has 3 aromatic carbocycles. The molecule has 0 saturated heterocycles. The Bertz CT molecular complexity index is 1480. The summed E-state index contributed by atoms with van der Waals surface area (Å²) in [6.45, 7) is 4.46. The molecule has 1 heterocycles. The molecule has 2 N–H and O–H groups in total. The van der Waals surface area contributed by atoms with Crippen LogP contribution in [0.2, 0.25) is 0 Å². The zero-order valence-corrected chi connectivity index (χ0v) is 32.1. The molecular formula is C40H56N4O2S3. The van der Waals surface area contributed by atoms with Gasteiger partial charge >= 0.3 is 0 Å². The summed E-state index contributed by atoms with van der Waals surface area (Å²) in [4.78, 5) is 2.86. The Kier molecular flexibility index (Phi) is 18.4. The predicted molar refractivity (Wildman–Crippen MR) is 208 cm³/mol. The molecule has 0 saturated carbocycles. The first kappa shape index (κ1) is 39.2. The number of unbranched alkanes of at least 4 members (excludes halogenated alkanes) is 15. The fourth-order valence-corrected chi connectivity index (χ4v) is 8.99. The molecule has 0 unspecified atom stereocenters. The Morgan fingerprint density at radius 1 is 0.633 bits per heavy atom. The molecule has 0 radical (unpaired) electrons. The maximum Gasteiger partial charge on any atom is 0.219 e. The minimum atomic E-state index is 0.116. The van der Waals surface area contributed by atoms with E-state index in [2.05, 4.69) is 53.6 Å². The summed E-state index contributed by atoms with van der Waals surface area (Å²) < 4.78 is 1.65. The second-order valence-corrected chi connectivity index (χ2v) is 16.1. The van der Waals surface area contributed by atoms with Crippen molar-refractivity contribution in [2.75, 3.05) is 5.75 Å². The van der Waals surface area contributed by atoms with Crippen molar-refractivity contribution in [1.29, 1.82) is 0 Å². The Hall–Kier alpha value is -2.62. The van der Waals surface area contributed by atoms with Crippen molar-refractivity contribution in [3.8, 4) is 17.2 Å². The maximum absolute atomic E-state index is 11.6. The van der Waals surface area contributed by atoms with E-state index in [0.29, 0.717) is 19.8 Å². The van der Waals surface area contributed by atoms with Crippen LogP contribution in [0.25, 0.3) is 5.69 Å². The van der Waals surface area contributed by atoms with Crippen LogP contribution < -0.4 is 0 Å². The SMILES string of the molecule is CCCCCCCCCCCCCCCCCCSc1cc(O)c(Sc2nnnn2-c2ccccc2)c(Sc2ccc(CCC)cc2)c1O. The largest absolute Gasteiger partial charge is 0.507 e. The number of thioether (sulfide) groups is 1. The van der Waals surface area contributed by atoms with Crippen LogP contribution in [0.15, 0.2) is 85.4 Å². The normalized spacial score (nSPS) is 11.4. The van der Waals surface area contributed by atoms with Crippen LogP contribution in [0.1, 0.15) is 129 Å². The van der Waals surface area contributed by atoms with Crippen molar-refractivity contribution in [3.05, 3.63) is 66.2 Å². The van der Waals surface area contributed by atoms with E-state index in [1.54, 1.807) is 22.5 Å². The number of rotatable bonds is 25. The number of hydrogen-bond donors (Lipinski definition) is 2. The van der Waals surface area contributed by atoms with E-state index in [4.69, 9.17) is 0 Å². The van der Waals surface area contributed by atoms with Crippen LogP contribution in [-0.2, 0) is 6.42 Å². The second-order valence-electron chi connectivity index (χ2n) is 12.9. The average molecular weight is 721 g/mol. The van der Waals surface area contributed by atoms with Crippen molar-refractivity contribution in [2.24, 2.45) is 0 Å². The third kappa shape index (κ3) is 13.6. The monoisotopic (exact) mass is 720 g/mol. The highest BCUT2D eigenvalue weighted by molar-refractivity contribution is 8.02. The maximum atomic E-state index is 11.6. The summed E-state index contributed by atoms with van der Waals surface area (Å²) in [7, 11) is 0. The number of tetrazole rings is 1. The van der Waals surface area contributed by atoms with Crippen molar-refractivity contribution >= 4 is 35.3 Å². The molecule has 0 aliphatic rings. The average Bonchev–Trinajstić information content (AvgIpc) is 3.59. The molecule has 0 aliphatic heterocycles. The lowest BCUT2D eigenvalue weighted by Gasteiger charge is -2.16. The Morgan fingerprint density at radius 2 is 1.22 bits per heavy atom. The number of hydrogen-bond acceptors (Lipinski definition) is 8. The van der Waals surface area contributed by atoms with Crippen LogP contribution in [-0.4, -0.2) is 36.2 Å². The van der Waals surface area contributed by atoms with E-state index in [0.717, 1.165) is 35.6 Å². The smallest absolute Gasteiger partial charge is 0.219 e. The van der Waals surface area contributed by atoms with E-state index in [1.165, 1.54) is 125 Å². The van der Waals surface area contributed by atoms with Gasteiger partial charge in [-0.2, -0.15) is 4.68 Å². The van der Waals surface area contributed by atoms with E-state index >= 15 is 0 Å². The number of aromatic nitrogens is 4. The molecule has 1 aromatic heterocycles. The molecule has 49 heavy (non-hydrogen) atoms. The van der Waals surface area contributed by atoms with Gasteiger partial charge in [-0.15, -0.1) is 16.9 Å². The highest BCUT2D eigenvalue weighted by Crippen LogP contribution is 2.51. The zero-order valence-electron chi connectivity index (χ0n) is 29.6. The van der Waals surface area contributed by atoms with E-state index in [9.17, 15) is 10.2 Å². The minimum Gasteiger partial charge on any atom is -0.507 e. The number of benzene rings is 3. The lowest BCUT2D eigenvalue weighted by atomic mass is 10.0. The standard InChI is InChI=1S/C40H56N4O2S3/c1-3-5-6-7-8-9-10-11-12-13-14-15-16-17-18-22-30-47-36-31-35(45)38(49-40-41-42-43-44(40)33-24-20-19-21-25-33)39(37(36)46)48-34-28-26-32(23-4-2)27-29-34/h19-21,24-29,31,45-46H,3-18,22-23,30H2,1-2H3. The van der Waals surface area contributed by atoms with Crippen LogP contribution in [0.4, 0.5) is 0 Å². The van der Waals surface area contributed by atoms with Gasteiger partial charge in [-0.1, -0.05) is 159 Å². The van der Waals surface area contributed by atoms with E-state index in [1.807, 2.05) is 30.3 Å². The molecule has 0 fully saturated rings. The fraction of sp³-hybridized carbons (Fsp3) is 0.525. The molecule has 0 atom stereocenters. The highest BCUT2D eigenvalue weighted by atomic mass is 32.2. The number of phenolic OH excluding ortho intramolecular Hbond substituents is 2. The topological polar surface area (TPSA) is 84.1 Å². The molecule has 0 bridgehead atoms. The van der Waals surface area contributed by atoms with Crippen molar-refractivity contribution in [1.82, 2.24) is 20.2 Å². The van der Waals surface area contributed by atoms with Gasteiger partial charge in [0, 0.05) is 4.90 Å². The summed E-state index contributed by atoms with van der Waals surface area (Å²) >= 11 is 4.34. The summed E-state index contributed by atoms with van der Waals surface area (Å²) in [6.07, 6.45) is 23.7. The van der Waals surface area contributed by atoms with Crippen LogP contribution in [0.5, 0.6) is 11.5 Å². The third-order valence-corrected chi connectivity index (χ3v) is 12.1. The fourth-order valence-electron chi connectivity index (χ4n) is 5.93. The molecule has 4 rings (SSSR count). The number of para-hydroxylation sites is 1. The summed E-state index contributed by atoms with van der Waals surface area (Å²) in [5, 5.41) is 35.8. The molecule has 0 aliphatic carbocycles. The Morgan fingerprint density at radius 3 is 1.82 bits per heavy atom. The molecule has 4 aromatic rings. The van der Waals surface area contributed by atoms with Gasteiger partial charge in [-0.05, 0) is 76.7 Å². The van der Waals surface area contributed by atoms with Crippen LogP contribution in [0.3, 0.4) is 0 Å². The molecule has 0 amide bonds. The van der Waals surface area contributed by atoms with Crippen molar-refractivity contribution < 1.29 is 10.2 Å². The first-order valence-corrected chi connectivity index (χ1v) is 21.2. The first-order valence-electron chi connectivity index (χ1n) is 18.6. The van der Waals surface area contributed by atoms with Gasteiger partial charge < -0.3 is 10.2 Å². The van der Waals surface area contributed by atoms with Gasteiger partial charge in [0.25, 0.3) is 0 Å². The molecule has 6 nitrogen and oxygen atoms in total. The van der Waals surface area contributed by atoms with E-state index in [-0.39, 0.29) is 11.5 Å². The van der Waals surface area contributed by atoms with Crippen molar-refractivity contribution in [2.45, 2.75) is 154 Å². The van der Waals surface area contributed by atoms with Gasteiger partial charge in [-0.25, -0.2) is 0 Å². The zero-order chi connectivity index (χ0) is 34.5. The van der Waals surface area contributed by atoms with Gasteiger partial charge in [-0.3, -0.25) is 0 Å². The molecular weight excluding hydrogens is 665 g/mol. The predicted octanol–water partition coefficient (Wildman–Crippen LogP) is 12.7. The highest BCUT2D eigenvalue weighted by Gasteiger charge is 2.23. The number of nitrogens with zero attached hydrogens (tertiary/aromatic N) is 4. The van der Waals surface area contributed by atoms with Gasteiger partial charge in [0.1, 0.15) is 11.5 Å². The van der Waals surface area contributed by atoms with Gasteiger partial charge in [0.05, 0.1) is 20.4 Å². The van der Waals surface area contributed by atoms with Crippen LogP contribution >= 0.6 is 35.3 Å². The van der Waals surface area contributed by atoms with Crippen molar-refractivity contribution in [3.63, 3.8) is 0 Å². The number of aryl methyl sites for hydroxylation is 1. The second kappa shape index (κ2) is 23.0. The minimum absolute atomic E-state index is 0.116. The number of phenols is 2.